The van der Waals surface area contributed by atoms with Crippen LogP contribution < -0.4 is 9.84 Å². The molecule has 1 aliphatic rings. The van der Waals surface area contributed by atoms with Gasteiger partial charge in [-0.25, -0.2) is 4.42 Å². The molecule has 33 heavy (non-hydrogen) atoms. The fraction of sp³-hybridized carbons (Fsp3) is 0.238. The van der Waals surface area contributed by atoms with Crippen LogP contribution in [0.4, 0.5) is 0 Å². The van der Waals surface area contributed by atoms with Gasteiger partial charge in [-0.15, -0.1) is 0 Å². The Morgan fingerprint density at radius 1 is 0.909 bits per heavy atom. The number of phenols is 4. The second kappa shape index (κ2) is 8.26. The molecular weight excluding hydrogens is 444 g/mol. The lowest BCUT2D eigenvalue weighted by atomic mass is 9.99. The fourth-order valence-electron chi connectivity index (χ4n) is 3.40. The molecule has 4 rings (SSSR count). The van der Waals surface area contributed by atoms with Crippen LogP contribution in [0, 0.1) is 0 Å². The first kappa shape index (κ1) is 22.4. The lowest BCUT2D eigenvalue weighted by Crippen LogP contribution is -2.63. The first-order valence-electron chi connectivity index (χ1n) is 9.49. The SMILES string of the molecule is O=C([O-])[C@@H]1O[C@H](Oc2cc3c(O)cc(O)cc3[o+]c2-c2ccc(O)c(O)c2)[C@@H](O)[C@H](O)[C@H]1O. The van der Waals surface area contributed by atoms with Gasteiger partial charge in [0, 0.05) is 18.2 Å². The Balaban J connectivity index is 1.84. The number of carbonyl (C=O) groups excluding carboxylic acids is 1. The number of aromatic hydroxyl groups is 4. The largest absolute Gasteiger partial charge is 0.547 e. The van der Waals surface area contributed by atoms with Crippen LogP contribution in [0.25, 0.3) is 22.3 Å². The Kier molecular flexibility index (Phi) is 5.59. The summed E-state index contributed by atoms with van der Waals surface area (Å²) < 4.78 is 16.4. The molecule has 5 atom stereocenters. The predicted octanol–water partition coefficient (Wildman–Crippen LogP) is -0.860. The van der Waals surface area contributed by atoms with Crippen molar-refractivity contribution in [2.45, 2.75) is 30.7 Å². The molecule has 7 N–H and O–H groups in total. The van der Waals surface area contributed by atoms with Crippen molar-refractivity contribution in [3.63, 3.8) is 0 Å². The van der Waals surface area contributed by atoms with Crippen LogP contribution in [0.15, 0.2) is 40.8 Å². The summed E-state index contributed by atoms with van der Waals surface area (Å²) >= 11 is 0. The highest BCUT2D eigenvalue weighted by Crippen LogP contribution is 2.42. The van der Waals surface area contributed by atoms with E-state index in [-0.39, 0.29) is 33.8 Å². The van der Waals surface area contributed by atoms with Crippen LogP contribution in [-0.4, -0.2) is 72.4 Å². The molecule has 12 heteroatoms. The first-order chi connectivity index (χ1) is 15.6. The van der Waals surface area contributed by atoms with Crippen molar-refractivity contribution in [1.29, 1.82) is 0 Å². The van der Waals surface area contributed by atoms with Gasteiger partial charge in [-0.3, -0.25) is 0 Å². The average Bonchev–Trinajstić information content (AvgIpc) is 2.75. The van der Waals surface area contributed by atoms with E-state index < -0.39 is 53.9 Å². The van der Waals surface area contributed by atoms with E-state index in [1.165, 1.54) is 18.2 Å². The van der Waals surface area contributed by atoms with Gasteiger partial charge in [0.05, 0.1) is 17.6 Å². The molecule has 1 fully saturated rings. The Labute approximate surface area is 184 Å². The summed E-state index contributed by atoms with van der Waals surface area (Å²) in [6.07, 6.45) is -9.72. The summed E-state index contributed by atoms with van der Waals surface area (Å²) in [5.41, 5.74) is 0.114. The van der Waals surface area contributed by atoms with Crippen molar-refractivity contribution in [3.8, 4) is 40.1 Å². The molecule has 0 unspecified atom stereocenters. The highest BCUT2D eigenvalue weighted by atomic mass is 16.7. The van der Waals surface area contributed by atoms with Gasteiger partial charge >= 0.3 is 11.3 Å². The zero-order valence-electron chi connectivity index (χ0n) is 16.5. The molecule has 2 aromatic carbocycles. The van der Waals surface area contributed by atoms with Crippen LogP contribution in [0.5, 0.6) is 28.7 Å². The Morgan fingerprint density at radius 3 is 2.30 bits per heavy atom. The van der Waals surface area contributed by atoms with E-state index in [0.29, 0.717) is 0 Å². The fourth-order valence-corrected chi connectivity index (χ4v) is 3.40. The van der Waals surface area contributed by atoms with E-state index in [2.05, 4.69) is 0 Å². The maximum absolute atomic E-state index is 11.3. The van der Waals surface area contributed by atoms with Gasteiger partial charge in [-0.1, -0.05) is 0 Å². The lowest BCUT2D eigenvalue weighted by Gasteiger charge is -2.40. The highest BCUT2D eigenvalue weighted by molar-refractivity contribution is 5.88. The molecule has 0 radical (unpaired) electrons. The van der Waals surface area contributed by atoms with E-state index in [1.807, 2.05) is 0 Å². The molecule has 0 saturated carbocycles. The van der Waals surface area contributed by atoms with E-state index in [0.717, 1.165) is 18.2 Å². The molecule has 0 bridgehead atoms. The van der Waals surface area contributed by atoms with Gasteiger partial charge in [-0.2, -0.15) is 0 Å². The number of carboxylic acid groups (broad SMARTS) is 1. The summed E-state index contributed by atoms with van der Waals surface area (Å²) in [5.74, 6) is -3.94. The normalized spacial score (nSPS) is 25.1. The minimum Gasteiger partial charge on any atom is -0.547 e. The topological polar surface area (TPSA) is 211 Å². The Morgan fingerprint density at radius 2 is 1.64 bits per heavy atom. The number of benzene rings is 2. The van der Waals surface area contributed by atoms with Crippen molar-refractivity contribution in [2.24, 2.45) is 0 Å². The monoisotopic (exact) mass is 462 g/mol. The number of hydrogen-bond acceptors (Lipinski definition) is 11. The first-order valence-corrected chi connectivity index (χ1v) is 9.49. The number of ether oxygens (including phenoxy) is 2. The molecule has 12 nitrogen and oxygen atoms in total. The molecule has 0 amide bonds. The number of rotatable bonds is 4. The van der Waals surface area contributed by atoms with E-state index in [4.69, 9.17) is 13.9 Å². The molecule has 1 aromatic heterocycles. The van der Waals surface area contributed by atoms with Gasteiger partial charge in [0.25, 0.3) is 0 Å². The summed E-state index contributed by atoms with van der Waals surface area (Å²) in [5, 5.41) is 80.8. The van der Waals surface area contributed by atoms with Crippen molar-refractivity contribution in [1.82, 2.24) is 0 Å². The molecule has 1 saturated heterocycles. The third-order valence-electron chi connectivity index (χ3n) is 5.10. The number of fused-ring (bicyclic) bond motifs is 1. The van der Waals surface area contributed by atoms with Crippen LogP contribution in [0.3, 0.4) is 0 Å². The standard InChI is InChI=1S/C21H18O12/c22-8-4-11(24)9-6-14(32-21-17(28)15(26)16(27)19(33-21)20(29)30)18(31-13(9)5-8)7-1-2-10(23)12(25)3-7/h1-6,15-17,19,21,26-28H,(H4-,22,23,24,25,29,30)/t15-,16-,17+,19-,21+/m1/s1. The molecule has 0 aliphatic carbocycles. The molecule has 0 spiro atoms. The Hall–Kier alpha value is -3.84. The summed E-state index contributed by atoms with van der Waals surface area (Å²) in [6, 6.07) is 7.00. The predicted molar refractivity (Wildman–Crippen MR) is 105 cm³/mol. The second-order valence-electron chi connectivity index (χ2n) is 7.35. The number of aliphatic carboxylic acids is 1. The highest BCUT2D eigenvalue weighted by Gasteiger charge is 2.46. The number of aliphatic hydroxyl groups is 3. The molecule has 174 valence electrons. The number of phenolic OH excluding ortho intramolecular Hbond substituents is 4. The van der Waals surface area contributed by atoms with Crippen molar-refractivity contribution in [2.75, 3.05) is 0 Å². The second-order valence-corrected chi connectivity index (χ2v) is 7.35. The number of carboxylic acids is 1. The average molecular weight is 462 g/mol. The van der Waals surface area contributed by atoms with Gasteiger partial charge < -0.3 is 55.1 Å². The zero-order valence-corrected chi connectivity index (χ0v) is 16.5. The van der Waals surface area contributed by atoms with Crippen LogP contribution in [-0.2, 0) is 9.53 Å². The number of aliphatic hydroxyl groups excluding tert-OH is 3. The number of carbonyl (C=O) groups is 1. The van der Waals surface area contributed by atoms with Crippen molar-refractivity contribution in [3.05, 3.63) is 36.4 Å². The van der Waals surface area contributed by atoms with E-state index >= 15 is 0 Å². The zero-order chi connectivity index (χ0) is 24.0. The minimum absolute atomic E-state index is 0.0180. The molecule has 1 aliphatic heterocycles. The summed E-state index contributed by atoms with van der Waals surface area (Å²) in [7, 11) is 0. The minimum atomic E-state index is -2.03. The lowest BCUT2D eigenvalue weighted by molar-refractivity contribution is -0.342. The number of hydrogen-bond donors (Lipinski definition) is 7. The maximum atomic E-state index is 11.3. The van der Waals surface area contributed by atoms with Crippen molar-refractivity contribution >= 4 is 16.9 Å². The summed E-state index contributed by atoms with van der Waals surface area (Å²) in [6.45, 7) is 0. The Bertz CT molecular complexity index is 1230. The molecular formula is C21H18O12. The molecule has 3 aromatic rings. The van der Waals surface area contributed by atoms with E-state index in [9.17, 15) is 45.6 Å². The van der Waals surface area contributed by atoms with Crippen LogP contribution in [0.1, 0.15) is 0 Å². The quantitative estimate of drug-likeness (QED) is 0.186. The van der Waals surface area contributed by atoms with Crippen LogP contribution in [0.2, 0.25) is 0 Å². The molecule has 2 heterocycles. The smallest absolute Gasteiger partial charge is 0.402 e. The maximum Gasteiger partial charge on any atom is 0.402 e. The van der Waals surface area contributed by atoms with Gasteiger partial charge in [0.2, 0.25) is 12.0 Å². The van der Waals surface area contributed by atoms with Crippen LogP contribution >= 0.6 is 0 Å². The third kappa shape index (κ3) is 4.03. The van der Waals surface area contributed by atoms with E-state index in [1.54, 1.807) is 0 Å². The van der Waals surface area contributed by atoms with Crippen molar-refractivity contribution < 1.29 is 59.5 Å². The summed E-state index contributed by atoms with van der Waals surface area (Å²) in [4.78, 5) is 11.3. The van der Waals surface area contributed by atoms with Gasteiger partial charge in [0.1, 0.15) is 41.3 Å². The third-order valence-corrected chi connectivity index (χ3v) is 5.10. The van der Waals surface area contributed by atoms with Gasteiger partial charge in [-0.05, 0) is 12.1 Å². The van der Waals surface area contributed by atoms with Gasteiger partial charge in [0.15, 0.2) is 11.5 Å².